The third-order valence-electron chi connectivity index (χ3n) is 4.07. The molecule has 0 atom stereocenters. The van der Waals surface area contributed by atoms with Gasteiger partial charge < -0.3 is 15.5 Å². The van der Waals surface area contributed by atoms with Gasteiger partial charge in [-0.25, -0.2) is 9.97 Å². The summed E-state index contributed by atoms with van der Waals surface area (Å²) in [5.74, 6) is 0.773. The molecule has 0 spiro atoms. The van der Waals surface area contributed by atoms with Gasteiger partial charge in [-0.05, 0) is 54.6 Å². The Morgan fingerprint density at radius 2 is 1.86 bits per heavy atom. The molecule has 0 unspecified atom stereocenters. The molecular formula is C21H15BrN4O2. The lowest BCUT2D eigenvalue weighted by Crippen LogP contribution is -1.95. The number of rotatable bonds is 4. The first-order valence-corrected chi connectivity index (χ1v) is 9.21. The predicted octanol–water partition coefficient (Wildman–Crippen LogP) is 5.30. The number of phenolic OH excluding ortho intramolecular Hbond substituents is 2. The van der Waals surface area contributed by atoms with Crippen molar-refractivity contribution in [3.05, 3.63) is 77.0 Å². The molecular weight excluding hydrogens is 420 g/mol. The van der Waals surface area contributed by atoms with Gasteiger partial charge in [0.15, 0.2) is 0 Å². The monoisotopic (exact) mass is 434 g/mol. The van der Waals surface area contributed by atoms with E-state index in [0.29, 0.717) is 17.1 Å². The molecule has 0 aliphatic rings. The van der Waals surface area contributed by atoms with Gasteiger partial charge >= 0.3 is 0 Å². The van der Waals surface area contributed by atoms with E-state index >= 15 is 0 Å². The van der Waals surface area contributed by atoms with E-state index in [-0.39, 0.29) is 11.5 Å². The fourth-order valence-corrected chi connectivity index (χ4v) is 3.12. The lowest BCUT2D eigenvalue weighted by Gasteiger charge is -2.09. The standard InChI is InChI=1S/C21H15BrN4O2/c22-14-2-1-3-16(9-14)26-21-18-10-15(4-6-19(18)24-12-25-21)23-11-13-8-17(27)5-7-20(13)28/h1-12,27-28H,(H,24,25,26). The van der Waals surface area contributed by atoms with Crippen molar-refractivity contribution in [1.82, 2.24) is 9.97 Å². The van der Waals surface area contributed by atoms with Gasteiger partial charge in [0.25, 0.3) is 0 Å². The number of aliphatic imine (C=N–C) groups is 1. The molecule has 3 aromatic carbocycles. The van der Waals surface area contributed by atoms with Crippen LogP contribution in [-0.4, -0.2) is 26.4 Å². The second kappa shape index (κ2) is 7.66. The van der Waals surface area contributed by atoms with E-state index in [1.807, 2.05) is 42.5 Å². The number of nitrogens with one attached hydrogen (secondary N) is 1. The lowest BCUT2D eigenvalue weighted by molar-refractivity contribution is 0.459. The molecule has 3 N–H and O–H groups in total. The maximum atomic E-state index is 9.88. The lowest BCUT2D eigenvalue weighted by atomic mass is 10.2. The molecule has 28 heavy (non-hydrogen) atoms. The van der Waals surface area contributed by atoms with Crippen LogP contribution in [0.4, 0.5) is 17.2 Å². The number of aromatic hydroxyl groups is 2. The molecule has 1 heterocycles. The molecule has 7 heteroatoms. The first-order chi connectivity index (χ1) is 13.6. The minimum Gasteiger partial charge on any atom is -0.508 e. The van der Waals surface area contributed by atoms with Gasteiger partial charge in [0.1, 0.15) is 23.6 Å². The number of nitrogens with zero attached hydrogens (tertiary/aromatic N) is 3. The van der Waals surface area contributed by atoms with Gasteiger partial charge in [0, 0.05) is 27.3 Å². The molecule has 0 radical (unpaired) electrons. The number of benzene rings is 3. The Kier molecular flexibility index (Phi) is 4.90. The van der Waals surface area contributed by atoms with Gasteiger partial charge in [0.05, 0.1) is 11.2 Å². The fourth-order valence-electron chi connectivity index (χ4n) is 2.72. The van der Waals surface area contributed by atoms with Crippen LogP contribution in [0.15, 0.2) is 76.5 Å². The highest BCUT2D eigenvalue weighted by Gasteiger charge is 2.06. The Balaban J connectivity index is 1.69. The summed E-state index contributed by atoms with van der Waals surface area (Å²) in [5, 5.41) is 23.6. The van der Waals surface area contributed by atoms with E-state index in [4.69, 9.17) is 0 Å². The zero-order valence-electron chi connectivity index (χ0n) is 14.5. The van der Waals surface area contributed by atoms with Crippen LogP contribution in [0.5, 0.6) is 11.5 Å². The maximum absolute atomic E-state index is 9.88. The third kappa shape index (κ3) is 3.94. The maximum Gasteiger partial charge on any atom is 0.141 e. The normalized spacial score (nSPS) is 11.2. The van der Waals surface area contributed by atoms with E-state index in [0.717, 1.165) is 21.1 Å². The summed E-state index contributed by atoms with van der Waals surface area (Å²) in [4.78, 5) is 13.1. The molecule has 0 bridgehead atoms. The van der Waals surface area contributed by atoms with E-state index in [1.165, 1.54) is 30.7 Å². The molecule has 0 aliphatic carbocycles. The summed E-state index contributed by atoms with van der Waals surface area (Å²) in [6.07, 6.45) is 3.01. The van der Waals surface area contributed by atoms with E-state index < -0.39 is 0 Å². The van der Waals surface area contributed by atoms with E-state index in [2.05, 4.69) is 36.2 Å². The van der Waals surface area contributed by atoms with Crippen molar-refractivity contribution in [3.63, 3.8) is 0 Å². The molecule has 138 valence electrons. The smallest absolute Gasteiger partial charge is 0.141 e. The van der Waals surface area contributed by atoms with Gasteiger partial charge in [-0.1, -0.05) is 22.0 Å². The van der Waals surface area contributed by atoms with Gasteiger partial charge in [-0.2, -0.15) is 0 Å². The van der Waals surface area contributed by atoms with E-state index in [1.54, 1.807) is 0 Å². The summed E-state index contributed by atoms with van der Waals surface area (Å²) in [6.45, 7) is 0. The van der Waals surface area contributed by atoms with Crippen LogP contribution in [0.25, 0.3) is 10.9 Å². The number of anilines is 2. The minimum atomic E-state index is 0.0442. The number of fused-ring (bicyclic) bond motifs is 1. The van der Waals surface area contributed by atoms with Crippen LogP contribution in [0.1, 0.15) is 5.56 Å². The third-order valence-corrected chi connectivity index (χ3v) is 4.56. The van der Waals surface area contributed by atoms with Crippen molar-refractivity contribution in [2.45, 2.75) is 0 Å². The Morgan fingerprint density at radius 3 is 2.71 bits per heavy atom. The Labute approximate surface area is 169 Å². The molecule has 4 aromatic rings. The zero-order chi connectivity index (χ0) is 19.5. The number of aromatic nitrogens is 2. The molecule has 4 rings (SSSR count). The van der Waals surface area contributed by atoms with Crippen LogP contribution in [-0.2, 0) is 0 Å². The summed E-state index contributed by atoms with van der Waals surface area (Å²) < 4.78 is 0.965. The topological polar surface area (TPSA) is 90.6 Å². The van der Waals surface area contributed by atoms with Crippen LogP contribution in [0.3, 0.4) is 0 Å². The summed E-state index contributed by atoms with van der Waals surface area (Å²) in [6, 6.07) is 17.6. The van der Waals surface area contributed by atoms with Crippen LogP contribution in [0.2, 0.25) is 0 Å². The fraction of sp³-hybridized carbons (Fsp3) is 0. The van der Waals surface area contributed by atoms with Crippen molar-refractivity contribution in [1.29, 1.82) is 0 Å². The summed E-state index contributed by atoms with van der Waals surface area (Å²) >= 11 is 3.46. The largest absolute Gasteiger partial charge is 0.508 e. The number of hydrogen-bond acceptors (Lipinski definition) is 6. The van der Waals surface area contributed by atoms with Gasteiger partial charge in [-0.15, -0.1) is 0 Å². The minimum absolute atomic E-state index is 0.0442. The number of phenols is 2. The van der Waals surface area contributed by atoms with Crippen molar-refractivity contribution < 1.29 is 10.2 Å². The molecule has 0 amide bonds. The van der Waals surface area contributed by atoms with Crippen molar-refractivity contribution in [2.75, 3.05) is 5.32 Å². The average Bonchev–Trinajstić information content (AvgIpc) is 2.69. The molecule has 1 aromatic heterocycles. The van der Waals surface area contributed by atoms with Crippen LogP contribution < -0.4 is 5.32 Å². The quantitative estimate of drug-likeness (QED) is 0.299. The molecule has 0 fully saturated rings. The summed E-state index contributed by atoms with van der Waals surface area (Å²) in [5.41, 5.74) is 2.78. The molecule has 0 saturated heterocycles. The zero-order valence-corrected chi connectivity index (χ0v) is 16.1. The van der Waals surface area contributed by atoms with Crippen molar-refractivity contribution >= 4 is 50.2 Å². The van der Waals surface area contributed by atoms with Gasteiger partial charge in [-0.3, -0.25) is 4.99 Å². The number of hydrogen-bond donors (Lipinski definition) is 3. The molecule has 6 nitrogen and oxygen atoms in total. The highest BCUT2D eigenvalue weighted by molar-refractivity contribution is 9.10. The molecule has 0 saturated carbocycles. The van der Waals surface area contributed by atoms with Crippen molar-refractivity contribution in [2.24, 2.45) is 4.99 Å². The highest BCUT2D eigenvalue weighted by atomic mass is 79.9. The second-order valence-electron chi connectivity index (χ2n) is 6.06. The Hall–Kier alpha value is -3.45. The van der Waals surface area contributed by atoms with Gasteiger partial charge in [0.2, 0.25) is 0 Å². The highest BCUT2D eigenvalue weighted by Crippen LogP contribution is 2.28. The Morgan fingerprint density at radius 1 is 0.964 bits per heavy atom. The van der Waals surface area contributed by atoms with Crippen LogP contribution >= 0.6 is 15.9 Å². The van der Waals surface area contributed by atoms with Crippen molar-refractivity contribution in [3.8, 4) is 11.5 Å². The van der Waals surface area contributed by atoms with E-state index in [9.17, 15) is 10.2 Å². The second-order valence-corrected chi connectivity index (χ2v) is 6.98. The molecule has 0 aliphatic heterocycles. The average molecular weight is 435 g/mol. The summed E-state index contributed by atoms with van der Waals surface area (Å²) in [7, 11) is 0. The Bertz CT molecular complexity index is 1190. The first-order valence-electron chi connectivity index (χ1n) is 8.42. The van der Waals surface area contributed by atoms with Crippen LogP contribution in [0, 0.1) is 0 Å². The predicted molar refractivity (Wildman–Crippen MR) is 114 cm³/mol. The SMILES string of the molecule is Oc1ccc(O)c(C=Nc2ccc3ncnc(Nc4cccc(Br)c4)c3c2)c1. The first kappa shape index (κ1) is 17.9. The number of halogens is 1.